The smallest absolute Gasteiger partial charge is 0.186 e. The Kier molecular flexibility index (Phi) is 7.75. The lowest BCUT2D eigenvalue weighted by Crippen LogP contribution is -2.62. The molecule has 30 heavy (non-hydrogen) atoms. The number of rotatable bonds is 10. The van der Waals surface area contributed by atoms with Gasteiger partial charge in [-0.25, -0.2) is 0 Å². The van der Waals surface area contributed by atoms with E-state index >= 15 is 0 Å². The Morgan fingerprint density at radius 2 is 1.73 bits per heavy atom. The monoisotopic (exact) mass is 422 g/mol. The third-order valence-corrected chi connectivity index (χ3v) is 6.11. The van der Waals surface area contributed by atoms with Crippen LogP contribution in [0.15, 0.2) is 30.3 Å². The second-order valence-corrected chi connectivity index (χ2v) is 8.45. The predicted molar refractivity (Wildman–Crippen MR) is 109 cm³/mol. The maximum atomic E-state index is 10.6. The first-order valence-electron chi connectivity index (χ1n) is 11.3. The van der Waals surface area contributed by atoms with E-state index in [-0.39, 0.29) is 18.8 Å². The van der Waals surface area contributed by atoms with E-state index in [0.717, 1.165) is 12.0 Å². The maximum Gasteiger partial charge on any atom is 0.186 e. The first kappa shape index (κ1) is 22.1. The fraction of sp³-hybridized carbons (Fsp3) is 0.739. The van der Waals surface area contributed by atoms with E-state index in [9.17, 15) is 10.2 Å². The SMILES string of the molecule is CCCCCCC[C@@H]1O[C@H]1CO[C@@H]1O[C@@H]2CO[C@H](c3ccccc3)O[C@@H]2[C@H](O)[C@H]1O. The van der Waals surface area contributed by atoms with Crippen LogP contribution in [-0.4, -0.2) is 66.3 Å². The highest BCUT2D eigenvalue weighted by molar-refractivity contribution is 5.16. The molecule has 1 aromatic carbocycles. The lowest BCUT2D eigenvalue weighted by Gasteiger charge is -2.46. The summed E-state index contributed by atoms with van der Waals surface area (Å²) in [5.41, 5.74) is 0.864. The summed E-state index contributed by atoms with van der Waals surface area (Å²) in [6.45, 7) is 2.82. The highest BCUT2D eigenvalue weighted by atomic mass is 16.8. The number of ether oxygens (including phenoxy) is 5. The highest BCUT2D eigenvalue weighted by Gasteiger charge is 2.50. The summed E-state index contributed by atoms with van der Waals surface area (Å²) in [4.78, 5) is 0. The number of hydrogen-bond acceptors (Lipinski definition) is 7. The summed E-state index contributed by atoms with van der Waals surface area (Å²) >= 11 is 0. The van der Waals surface area contributed by atoms with E-state index in [0.29, 0.717) is 6.61 Å². The van der Waals surface area contributed by atoms with Crippen molar-refractivity contribution in [2.75, 3.05) is 13.2 Å². The van der Waals surface area contributed by atoms with Crippen LogP contribution >= 0.6 is 0 Å². The molecule has 168 valence electrons. The van der Waals surface area contributed by atoms with Gasteiger partial charge in [-0.15, -0.1) is 0 Å². The van der Waals surface area contributed by atoms with Crippen LogP contribution < -0.4 is 0 Å². The molecule has 3 aliphatic heterocycles. The number of benzene rings is 1. The molecule has 3 saturated heterocycles. The van der Waals surface area contributed by atoms with E-state index in [1.165, 1.54) is 32.1 Å². The van der Waals surface area contributed by atoms with Crippen LogP contribution in [0.1, 0.15) is 57.3 Å². The molecule has 3 fully saturated rings. The molecule has 0 aliphatic carbocycles. The highest BCUT2D eigenvalue weighted by Crippen LogP contribution is 2.35. The fourth-order valence-electron chi connectivity index (χ4n) is 4.21. The van der Waals surface area contributed by atoms with Crippen LogP contribution in [0, 0.1) is 0 Å². The van der Waals surface area contributed by atoms with E-state index in [2.05, 4.69) is 6.92 Å². The Balaban J connectivity index is 1.21. The number of epoxide rings is 1. The molecule has 0 saturated carbocycles. The minimum Gasteiger partial charge on any atom is -0.387 e. The van der Waals surface area contributed by atoms with Crippen LogP contribution in [0.4, 0.5) is 0 Å². The van der Waals surface area contributed by atoms with Crippen LogP contribution in [0.5, 0.6) is 0 Å². The van der Waals surface area contributed by atoms with Gasteiger partial charge in [-0.2, -0.15) is 0 Å². The van der Waals surface area contributed by atoms with E-state index in [1.54, 1.807) is 0 Å². The zero-order valence-electron chi connectivity index (χ0n) is 17.6. The van der Waals surface area contributed by atoms with Crippen molar-refractivity contribution in [1.82, 2.24) is 0 Å². The second-order valence-electron chi connectivity index (χ2n) is 8.45. The first-order chi connectivity index (χ1) is 14.7. The molecule has 8 atom stereocenters. The van der Waals surface area contributed by atoms with Gasteiger partial charge < -0.3 is 33.9 Å². The minimum absolute atomic E-state index is 0.0446. The van der Waals surface area contributed by atoms with Crippen molar-refractivity contribution < 1.29 is 33.9 Å². The maximum absolute atomic E-state index is 10.6. The van der Waals surface area contributed by atoms with Gasteiger partial charge >= 0.3 is 0 Å². The van der Waals surface area contributed by atoms with Gasteiger partial charge in [0.2, 0.25) is 0 Å². The topological polar surface area (TPSA) is 89.9 Å². The zero-order chi connectivity index (χ0) is 20.9. The Morgan fingerprint density at radius 1 is 0.933 bits per heavy atom. The van der Waals surface area contributed by atoms with Gasteiger partial charge in [0.1, 0.15) is 30.5 Å². The average Bonchev–Trinajstić information content (AvgIpc) is 3.53. The van der Waals surface area contributed by atoms with Crippen LogP contribution in [-0.2, 0) is 23.7 Å². The van der Waals surface area contributed by atoms with Gasteiger partial charge in [0.05, 0.1) is 19.3 Å². The van der Waals surface area contributed by atoms with Crippen molar-refractivity contribution in [3.05, 3.63) is 35.9 Å². The lowest BCUT2D eigenvalue weighted by molar-refractivity contribution is -0.361. The summed E-state index contributed by atoms with van der Waals surface area (Å²) in [6.07, 6.45) is 2.57. The molecule has 0 spiro atoms. The number of aliphatic hydroxyl groups is 2. The molecule has 0 amide bonds. The fourth-order valence-corrected chi connectivity index (χ4v) is 4.21. The molecule has 0 radical (unpaired) electrons. The molecule has 7 nitrogen and oxygen atoms in total. The average molecular weight is 423 g/mol. The minimum atomic E-state index is -1.19. The van der Waals surface area contributed by atoms with E-state index in [4.69, 9.17) is 23.7 Å². The van der Waals surface area contributed by atoms with Crippen molar-refractivity contribution in [3.8, 4) is 0 Å². The second kappa shape index (κ2) is 10.5. The number of hydrogen-bond donors (Lipinski definition) is 2. The van der Waals surface area contributed by atoms with Crippen molar-refractivity contribution in [1.29, 1.82) is 0 Å². The van der Waals surface area contributed by atoms with Gasteiger partial charge in [0.15, 0.2) is 12.6 Å². The standard InChI is InChI=1S/C23H34O7/c1-2-3-4-5-9-12-16-17(28-16)13-27-23-20(25)19(24)21-18(29-23)14-26-22(30-21)15-10-7-6-8-11-15/h6-8,10-11,16-25H,2-5,9,12-14H2,1H3/t16-,17-,18+,19+,20+,21-,22-,23+/m0/s1. The first-order valence-corrected chi connectivity index (χ1v) is 11.3. The molecular formula is C23H34O7. The zero-order valence-corrected chi connectivity index (χ0v) is 17.6. The molecular weight excluding hydrogens is 388 g/mol. The van der Waals surface area contributed by atoms with Gasteiger partial charge in [-0.05, 0) is 6.42 Å². The number of unbranched alkanes of at least 4 members (excludes halogenated alkanes) is 4. The number of aliphatic hydroxyl groups excluding tert-OH is 2. The molecule has 0 aromatic heterocycles. The van der Waals surface area contributed by atoms with Crippen molar-refractivity contribution in [2.45, 2.75) is 94.7 Å². The van der Waals surface area contributed by atoms with Crippen molar-refractivity contribution >= 4 is 0 Å². The molecule has 2 N–H and O–H groups in total. The van der Waals surface area contributed by atoms with Gasteiger partial charge in [-0.3, -0.25) is 0 Å². The quantitative estimate of drug-likeness (QED) is 0.443. The van der Waals surface area contributed by atoms with E-state index in [1.807, 2.05) is 30.3 Å². The Hall–Kier alpha value is -1.06. The van der Waals surface area contributed by atoms with Crippen LogP contribution in [0.25, 0.3) is 0 Å². The molecule has 0 unspecified atom stereocenters. The summed E-state index contributed by atoms with van der Waals surface area (Å²) in [6, 6.07) is 9.52. The van der Waals surface area contributed by atoms with Crippen LogP contribution in [0.2, 0.25) is 0 Å². The van der Waals surface area contributed by atoms with Gasteiger partial charge in [0.25, 0.3) is 0 Å². The third kappa shape index (κ3) is 5.40. The van der Waals surface area contributed by atoms with Gasteiger partial charge in [0, 0.05) is 5.56 Å². The molecule has 0 bridgehead atoms. The largest absolute Gasteiger partial charge is 0.387 e. The normalized spacial score (nSPS) is 38.2. The summed E-state index contributed by atoms with van der Waals surface area (Å²) in [5.74, 6) is 0. The molecule has 4 rings (SSSR count). The summed E-state index contributed by atoms with van der Waals surface area (Å²) < 4.78 is 29.0. The number of fused-ring (bicyclic) bond motifs is 1. The summed E-state index contributed by atoms with van der Waals surface area (Å²) in [7, 11) is 0. The van der Waals surface area contributed by atoms with E-state index < -0.39 is 37.0 Å². The Labute approximate surface area is 178 Å². The van der Waals surface area contributed by atoms with Gasteiger partial charge in [-0.1, -0.05) is 69.4 Å². The summed E-state index contributed by atoms with van der Waals surface area (Å²) in [5, 5.41) is 21.1. The third-order valence-electron chi connectivity index (χ3n) is 6.11. The molecule has 3 heterocycles. The Bertz CT molecular complexity index is 640. The Morgan fingerprint density at radius 3 is 2.53 bits per heavy atom. The molecule has 7 heteroatoms. The molecule has 3 aliphatic rings. The molecule has 1 aromatic rings. The van der Waals surface area contributed by atoms with Crippen LogP contribution in [0.3, 0.4) is 0 Å². The predicted octanol–water partition coefficient (Wildman–Crippen LogP) is 2.69. The lowest BCUT2D eigenvalue weighted by atomic mass is 9.98. The van der Waals surface area contributed by atoms with Crippen molar-refractivity contribution in [3.63, 3.8) is 0 Å². The van der Waals surface area contributed by atoms with Crippen molar-refractivity contribution in [2.24, 2.45) is 0 Å².